The van der Waals surface area contributed by atoms with Crippen molar-refractivity contribution in [2.45, 2.75) is 19.2 Å². The quantitative estimate of drug-likeness (QED) is 0.765. The molecule has 0 saturated carbocycles. The maximum Gasteiger partial charge on any atom is 0.136 e. The summed E-state index contributed by atoms with van der Waals surface area (Å²) < 4.78 is 0. The van der Waals surface area contributed by atoms with Gasteiger partial charge in [-0.3, -0.25) is 0 Å². The first-order valence-electron chi connectivity index (χ1n) is 5.92. The van der Waals surface area contributed by atoms with Gasteiger partial charge in [0.05, 0.1) is 11.6 Å². The number of nitrogens with zero attached hydrogens (tertiary/aromatic N) is 2. The first-order valence-corrected chi connectivity index (χ1v) is 6.45. The predicted octanol–water partition coefficient (Wildman–Crippen LogP) is 3.82. The van der Waals surface area contributed by atoms with Gasteiger partial charge in [-0.15, -0.1) is 11.6 Å². The van der Waals surface area contributed by atoms with Crippen LogP contribution in [0.3, 0.4) is 0 Å². The number of aromatic nitrogens is 1. The molecular weight excluding hydrogens is 232 g/mol. The van der Waals surface area contributed by atoms with Gasteiger partial charge in [-0.1, -0.05) is 31.2 Å². The molecule has 0 N–H and O–H groups in total. The standard InChI is InChI=1S/C14H17ClN2/c1-3-8-17(2)14-13-7-5-4-6-11(13)9-12(10-15)16-14/h4-7,9H,3,8,10H2,1-2H3. The maximum atomic E-state index is 5.90. The molecule has 0 aliphatic heterocycles. The van der Waals surface area contributed by atoms with E-state index in [9.17, 15) is 0 Å². The van der Waals surface area contributed by atoms with Gasteiger partial charge in [-0.2, -0.15) is 0 Å². The molecule has 2 rings (SSSR count). The Labute approximate surface area is 107 Å². The largest absolute Gasteiger partial charge is 0.359 e. The van der Waals surface area contributed by atoms with Crippen molar-refractivity contribution < 1.29 is 0 Å². The molecule has 3 heteroatoms. The van der Waals surface area contributed by atoms with E-state index in [-0.39, 0.29) is 0 Å². The van der Waals surface area contributed by atoms with Crippen molar-refractivity contribution in [3.05, 3.63) is 36.0 Å². The van der Waals surface area contributed by atoms with Crippen molar-refractivity contribution in [2.24, 2.45) is 0 Å². The summed E-state index contributed by atoms with van der Waals surface area (Å²) in [6.45, 7) is 3.17. The van der Waals surface area contributed by atoms with E-state index in [2.05, 4.69) is 42.1 Å². The van der Waals surface area contributed by atoms with Crippen molar-refractivity contribution in [1.29, 1.82) is 0 Å². The normalized spacial score (nSPS) is 10.8. The molecule has 90 valence electrons. The van der Waals surface area contributed by atoms with Gasteiger partial charge in [-0.25, -0.2) is 4.98 Å². The average Bonchev–Trinajstić information content (AvgIpc) is 2.37. The van der Waals surface area contributed by atoms with Crippen molar-refractivity contribution in [1.82, 2.24) is 4.98 Å². The van der Waals surface area contributed by atoms with Gasteiger partial charge in [0.25, 0.3) is 0 Å². The Morgan fingerprint density at radius 2 is 2.06 bits per heavy atom. The molecule has 0 atom stereocenters. The van der Waals surface area contributed by atoms with E-state index in [4.69, 9.17) is 11.6 Å². The number of hydrogen-bond donors (Lipinski definition) is 0. The molecule has 0 amide bonds. The zero-order valence-electron chi connectivity index (χ0n) is 10.3. The summed E-state index contributed by atoms with van der Waals surface area (Å²) in [5.74, 6) is 1.48. The minimum absolute atomic E-state index is 0.456. The van der Waals surface area contributed by atoms with Gasteiger partial charge < -0.3 is 4.90 Å². The number of alkyl halides is 1. The van der Waals surface area contributed by atoms with E-state index < -0.39 is 0 Å². The summed E-state index contributed by atoms with van der Waals surface area (Å²) in [4.78, 5) is 6.82. The Balaban J connectivity index is 2.58. The molecule has 1 aromatic heterocycles. The number of hydrogen-bond acceptors (Lipinski definition) is 2. The van der Waals surface area contributed by atoms with E-state index in [1.54, 1.807) is 0 Å². The van der Waals surface area contributed by atoms with Gasteiger partial charge >= 0.3 is 0 Å². The van der Waals surface area contributed by atoms with Crippen LogP contribution in [0, 0.1) is 0 Å². The minimum Gasteiger partial charge on any atom is -0.359 e. The van der Waals surface area contributed by atoms with Crippen LogP contribution in [-0.2, 0) is 5.88 Å². The van der Waals surface area contributed by atoms with Crippen LogP contribution in [-0.4, -0.2) is 18.6 Å². The zero-order valence-corrected chi connectivity index (χ0v) is 11.0. The highest BCUT2D eigenvalue weighted by Gasteiger charge is 2.08. The highest BCUT2D eigenvalue weighted by molar-refractivity contribution is 6.17. The number of fused-ring (bicyclic) bond motifs is 1. The Kier molecular flexibility index (Phi) is 3.85. The molecule has 0 fully saturated rings. The fourth-order valence-electron chi connectivity index (χ4n) is 2.04. The molecule has 2 nitrogen and oxygen atoms in total. The Bertz CT molecular complexity index is 511. The van der Waals surface area contributed by atoms with Crippen molar-refractivity contribution in [3.63, 3.8) is 0 Å². The van der Waals surface area contributed by atoms with Crippen LogP contribution in [0.25, 0.3) is 10.8 Å². The number of anilines is 1. The molecule has 0 spiro atoms. The third-order valence-corrected chi connectivity index (χ3v) is 3.10. The molecule has 1 aromatic carbocycles. The summed E-state index contributed by atoms with van der Waals surface area (Å²) in [6.07, 6.45) is 1.11. The van der Waals surface area contributed by atoms with Gasteiger partial charge in [0.1, 0.15) is 5.82 Å². The monoisotopic (exact) mass is 248 g/mol. The molecule has 0 unspecified atom stereocenters. The van der Waals surface area contributed by atoms with E-state index in [1.165, 1.54) is 10.8 Å². The number of benzene rings is 1. The molecule has 1 heterocycles. The molecule has 0 aliphatic rings. The summed E-state index contributed by atoms with van der Waals surface area (Å²) in [5.41, 5.74) is 0.934. The highest BCUT2D eigenvalue weighted by Crippen LogP contribution is 2.25. The van der Waals surface area contributed by atoms with Gasteiger partial charge in [-0.05, 0) is 17.9 Å². The zero-order chi connectivity index (χ0) is 12.3. The summed E-state index contributed by atoms with van der Waals surface area (Å²) >= 11 is 5.90. The predicted molar refractivity (Wildman–Crippen MR) is 74.9 cm³/mol. The van der Waals surface area contributed by atoms with Crippen LogP contribution < -0.4 is 4.90 Å². The van der Waals surface area contributed by atoms with E-state index >= 15 is 0 Å². The van der Waals surface area contributed by atoms with Crippen LogP contribution in [0.2, 0.25) is 0 Å². The van der Waals surface area contributed by atoms with Crippen LogP contribution in [0.5, 0.6) is 0 Å². The van der Waals surface area contributed by atoms with Crippen LogP contribution >= 0.6 is 11.6 Å². The lowest BCUT2D eigenvalue weighted by Crippen LogP contribution is -2.19. The number of halogens is 1. The fourth-order valence-corrected chi connectivity index (χ4v) is 2.17. The van der Waals surface area contributed by atoms with Crippen LogP contribution in [0.1, 0.15) is 19.0 Å². The average molecular weight is 249 g/mol. The van der Waals surface area contributed by atoms with Crippen molar-refractivity contribution >= 4 is 28.2 Å². The molecular formula is C14H17ClN2. The smallest absolute Gasteiger partial charge is 0.136 e. The fraction of sp³-hybridized carbons (Fsp3) is 0.357. The lowest BCUT2D eigenvalue weighted by Gasteiger charge is -2.20. The minimum atomic E-state index is 0.456. The first-order chi connectivity index (χ1) is 8.26. The summed E-state index contributed by atoms with van der Waals surface area (Å²) in [5, 5.41) is 2.40. The molecule has 0 bridgehead atoms. The van der Waals surface area contributed by atoms with Gasteiger partial charge in [0, 0.05) is 19.0 Å². The number of rotatable bonds is 4. The second kappa shape index (κ2) is 5.37. The molecule has 17 heavy (non-hydrogen) atoms. The summed E-state index contributed by atoms with van der Waals surface area (Å²) in [6, 6.07) is 10.4. The second-order valence-corrected chi connectivity index (χ2v) is 4.48. The third-order valence-electron chi connectivity index (χ3n) is 2.83. The lowest BCUT2D eigenvalue weighted by atomic mass is 10.1. The van der Waals surface area contributed by atoms with Gasteiger partial charge in [0.15, 0.2) is 0 Å². The van der Waals surface area contributed by atoms with E-state index in [0.29, 0.717) is 5.88 Å². The number of pyridine rings is 1. The van der Waals surface area contributed by atoms with Crippen molar-refractivity contribution in [3.8, 4) is 0 Å². The third kappa shape index (κ3) is 2.52. The molecule has 2 aromatic rings. The molecule has 0 radical (unpaired) electrons. The first kappa shape index (κ1) is 12.2. The SMILES string of the molecule is CCCN(C)c1nc(CCl)cc2ccccc12. The lowest BCUT2D eigenvalue weighted by molar-refractivity contribution is 0.839. The van der Waals surface area contributed by atoms with Gasteiger partial charge in [0.2, 0.25) is 0 Å². The van der Waals surface area contributed by atoms with E-state index in [1.807, 2.05) is 12.1 Å². The van der Waals surface area contributed by atoms with E-state index in [0.717, 1.165) is 24.5 Å². The Morgan fingerprint density at radius 1 is 1.29 bits per heavy atom. The Hall–Kier alpha value is -1.28. The summed E-state index contributed by atoms with van der Waals surface area (Å²) in [7, 11) is 2.08. The maximum absolute atomic E-state index is 5.90. The van der Waals surface area contributed by atoms with Crippen molar-refractivity contribution in [2.75, 3.05) is 18.5 Å². The van der Waals surface area contributed by atoms with Crippen LogP contribution in [0.4, 0.5) is 5.82 Å². The Morgan fingerprint density at radius 3 is 2.76 bits per heavy atom. The molecule has 0 saturated heterocycles. The highest BCUT2D eigenvalue weighted by atomic mass is 35.5. The molecule has 0 aliphatic carbocycles. The van der Waals surface area contributed by atoms with Crippen LogP contribution in [0.15, 0.2) is 30.3 Å². The topological polar surface area (TPSA) is 16.1 Å². The second-order valence-electron chi connectivity index (χ2n) is 4.21.